The molecule has 0 saturated heterocycles. The van der Waals surface area contributed by atoms with Crippen LogP contribution in [-0.2, 0) is 19.1 Å². The monoisotopic (exact) mass is 217 g/mol. The molecule has 1 saturated carbocycles. The summed E-state index contributed by atoms with van der Waals surface area (Å²) in [6, 6.07) is 0.0379. The number of nitrogens with one attached hydrogen (secondary N) is 1. The lowest BCUT2D eigenvalue weighted by atomic mass is 9.89. The Hall–Kier alpha value is -1.14. The highest BCUT2D eigenvalue weighted by atomic mass is 16.5. The first kappa shape index (κ1) is 11.9. The minimum atomic E-state index is -1.08. The Morgan fingerprint density at radius 3 is 2.60 bits per heavy atom. The fourth-order valence-corrected chi connectivity index (χ4v) is 1.40. The van der Waals surface area contributed by atoms with E-state index in [9.17, 15) is 9.59 Å². The quantitative estimate of drug-likeness (QED) is 0.619. The van der Waals surface area contributed by atoms with Gasteiger partial charge < -0.3 is 19.9 Å². The molecule has 2 unspecified atom stereocenters. The molecule has 0 aromatic rings. The maximum atomic E-state index is 11.2. The Morgan fingerprint density at radius 1 is 1.40 bits per heavy atom. The van der Waals surface area contributed by atoms with Gasteiger partial charge in [-0.3, -0.25) is 4.79 Å². The van der Waals surface area contributed by atoms with Gasteiger partial charge in [0.1, 0.15) is 13.2 Å². The van der Waals surface area contributed by atoms with Crippen LogP contribution < -0.4 is 5.32 Å². The number of methoxy groups -OCH3 is 1. The molecule has 0 bridgehead atoms. The van der Waals surface area contributed by atoms with Crippen molar-refractivity contribution in [1.29, 1.82) is 0 Å². The lowest BCUT2D eigenvalue weighted by molar-refractivity contribution is -0.144. The van der Waals surface area contributed by atoms with Gasteiger partial charge in [-0.25, -0.2) is 4.79 Å². The van der Waals surface area contributed by atoms with Crippen molar-refractivity contribution in [2.45, 2.75) is 25.0 Å². The summed E-state index contributed by atoms with van der Waals surface area (Å²) in [5.41, 5.74) is 0. The summed E-state index contributed by atoms with van der Waals surface area (Å²) in [6.07, 6.45) is 1.91. The van der Waals surface area contributed by atoms with E-state index in [2.05, 4.69) is 10.1 Å². The normalized spacial score (nSPS) is 24.3. The van der Waals surface area contributed by atoms with Gasteiger partial charge >= 0.3 is 5.97 Å². The van der Waals surface area contributed by atoms with Crippen LogP contribution >= 0.6 is 0 Å². The summed E-state index contributed by atoms with van der Waals surface area (Å²) in [6.45, 7) is -0.676. The summed E-state index contributed by atoms with van der Waals surface area (Å²) >= 11 is 0. The first-order valence-corrected chi connectivity index (χ1v) is 4.75. The topological polar surface area (TPSA) is 84.9 Å². The van der Waals surface area contributed by atoms with Gasteiger partial charge in [-0.1, -0.05) is 0 Å². The predicted octanol–water partition coefficient (Wildman–Crippen LogP) is -0.619. The van der Waals surface area contributed by atoms with Crippen molar-refractivity contribution >= 4 is 11.9 Å². The van der Waals surface area contributed by atoms with E-state index in [1.54, 1.807) is 7.11 Å². The molecular formula is C9H15NO5. The van der Waals surface area contributed by atoms with Gasteiger partial charge in [0.15, 0.2) is 0 Å². The Bertz CT molecular complexity index is 241. The fraction of sp³-hybridized carbons (Fsp3) is 0.778. The number of hydrogen-bond acceptors (Lipinski definition) is 4. The zero-order chi connectivity index (χ0) is 11.3. The summed E-state index contributed by atoms with van der Waals surface area (Å²) in [4.78, 5) is 21.3. The Balaban J connectivity index is 2.10. The molecule has 1 fully saturated rings. The van der Waals surface area contributed by atoms with Crippen molar-refractivity contribution in [2.75, 3.05) is 20.3 Å². The lowest BCUT2D eigenvalue weighted by Gasteiger charge is -2.35. The summed E-state index contributed by atoms with van der Waals surface area (Å²) in [5.74, 6) is -1.38. The molecule has 6 nitrogen and oxygen atoms in total. The standard InChI is InChI=1S/C9H15NO5/c1-14-7-3-2-6(7)10-8(11)4-15-5-9(12)13/h6-7H,2-5H2,1H3,(H,10,11)(H,12,13). The molecule has 6 heteroatoms. The van der Waals surface area contributed by atoms with Gasteiger partial charge in [-0.2, -0.15) is 0 Å². The van der Waals surface area contributed by atoms with E-state index in [1.165, 1.54) is 0 Å². The van der Waals surface area contributed by atoms with Gasteiger partial charge in [0.2, 0.25) is 5.91 Å². The van der Waals surface area contributed by atoms with Crippen LogP contribution in [0.15, 0.2) is 0 Å². The summed E-state index contributed by atoms with van der Waals surface area (Å²) in [5, 5.41) is 11.0. The Morgan fingerprint density at radius 2 is 2.13 bits per heavy atom. The second-order valence-corrected chi connectivity index (χ2v) is 3.41. The number of carboxylic acid groups (broad SMARTS) is 1. The molecule has 0 spiro atoms. The highest BCUT2D eigenvalue weighted by molar-refractivity contribution is 5.78. The van der Waals surface area contributed by atoms with Crippen LogP contribution in [0, 0.1) is 0 Å². The van der Waals surface area contributed by atoms with Gasteiger partial charge in [0.25, 0.3) is 0 Å². The third-order valence-electron chi connectivity index (χ3n) is 2.32. The van der Waals surface area contributed by atoms with Crippen molar-refractivity contribution in [3.8, 4) is 0 Å². The van der Waals surface area contributed by atoms with Crippen molar-refractivity contribution in [2.24, 2.45) is 0 Å². The number of aliphatic carboxylic acids is 1. The van der Waals surface area contributed by atoms with Crippen molar-refractivity contribution in [1.82, 2.24) is 5.32 Å². The van der Waals surface area contributed by atoms with Crippen LogP contribution in [0.4, 0.5) is 0 Å². The zero-order valence-corrected chi connectivity index (χ0v) is 8.56. The lowest BCUT2D eigenvalue weighted by Crippen LogP contribution is -2.52. The molecule has 1 aliphatic rings. The molecule has 86 valence electrons. The highest BCUT2D eigenvalue weighted by Crippen LogP contribution is 2.22. The number of amides is 1. The average molecular weight is 217 g/mol. The third-order valence-corrected chi connectivity index (χ3v) is 2.32. The Kier molecular flexibility index (Phi) is 4.51. The Labute approximate surface area is 87.5 Å². The zero-order valence-electron chi connectivity index (χ0n) is 8.56. The van der Waals surface area contributed by atoms with E-state index in [0.717, 1.165) is 12.8 Å². The molecule has 0 heterocycles. The summed E-state index contributed by atoms with van der Waals surface area (Å²) in [7, 11) is 1.60. The fourth-order valence-electron chi connectivity index (χ4n) is 1.40. The molecule has 0 aromatic heterocycles. The number of hydrogen-bond donors (Lipinski definition) is 2. The first-order chi connectivity index (χ1) is 7.13. The van der Waals surface area contributed by atoms with E-state index in [-0.39, 0.29) is 24.7 Å². The van der Waals surface area contributed by atoms with Crippen LogP contribution in [0.1, 0.15) is 12.8 Å². The molecule has 1 amide bonds. The third kappa shape index (κ3) is 3.85. The van der Waals surface area contributed by atoms with Gasteiger partial charge in [0.05, 0.1) is 12.1 Å². The average Bonchev–Trinajstić information content (AvgIpc) is 2.13. The van der Waals surface area contributed by atoms with Crippen LogP contribution in [0.25, 0.3) is 0 Å². The smallest absolute Gasteiger partial charge is 0.329 e. The highest BCUT2D eigenvalue weighted by Gasteiger charge is 2.31. The van der Waals surface area contributed by atoms with Gasteiger partial charge in [-0.15, -0.1) is 0 Å². The SMILES string of the molecule is COC1CCC1NC(=O)COCC(=O)O. The minimum absolute atomic E-state index is 0.0379. The molecule has 0 radical (unpaired) electrons. The maximum absolute atomic E-state index is 11.2. The van der Waals surface area contributed by atoms with Crippen LogP contribution in [0.2, 0.25) is 0 Å². The van der Waals surface area contributed by atoms with Crippen LogP contribution in [0.3, 0.4) is 0 Å². The van der Waals surface area contributed by atoms with Gasteiger partial charge in [-0.05, 0) is 12.8 Å². The molecule has 15 heavy (non-hydrogen) atoms. The van der Waals surface area contributed by atoms with E-state index >= 15 is 0 Å². The molecule has 1 aliphatic carbocycles. The number of carbonyl (C=O) groups excluding carboxylic acids is 1. The van der Waals surface area contributed by atoms with E-state index in [4.69, 9.17) is 9.84 Å². The molecule has 0 aromatic carbocycles. The molecule has 0 aliphatic heterocycles. The van der Waals surface area contributed by atoms with Crippen LogP contribution in [0.5, 0.6) is 0 Å². The second kappa shape index (κ2) is 5.67. The van der Waals surface area contributed by atoms with E-state index in [1.807, 2.05) is 0 Å². The van der Waals surface area contributed by atoms with E-state index in [0.29, 0.717) is 0 Å². The number of carboxylic acids is 1. The van der Waals surface area contributed by atoms with Crippen molar-refractivity contribution < 1.29 is 24.2 Å². The van der Waals surface area contributed by atoms with E-state index < -0.39 is 12.6 Å². The minimum Gasteiger partial charge on any atom is -0.480 e. The summed E-state index contributed by atoms with van der Waals surface area (Å²) < 4.78 is 9.74. The number of rotatable bonds is 6. The first-order valence-electron chi connectivity index (χ1n) is 4.75. The molecule has 2 atom stereocenters. The second-order valence-electron chi connectivity index (χ2n) is 3.41. The maximum Gasteiger partial charge on any atom is 0.329 e. The molecule has 1 rings (SSSR count). The largest absolute Gasteiger partial charge is 0.480 e. The predicted molar refractivity (Wildman–Crippen MR) is 50.4 cm³/mol. The molecule has 2 N–H and O–H groups in total. The van der Waals surface area contributed by atoms with Gasteiger partial charge in [0, 0.05) is 7.11 Å². The van der Waals surface area contributed by atoms with Crippen molar-refractivity contribution in [3.05, 3.63) is 0 Å². The van der Waals surface area contributed by atoms with Crippen molar-refractivity contribution in [3.63, 3.8) is 0 Å². The van der Waals surface area contributed by atoms with Crippen LogP contribution in [-0.4, -0.2) is 49.5 Å². The molecular weight excluding hydrogens is 202 g/mol. The number of ether oxygens (including phenoxy) is 2. The number of carbonyl (C=O) groups is 2.